The average molecular weight is 594 g/mol. The number of hydrogen-bond donors (Lipinski definition) is 2. The van der Waals surface area contributed by atoms with Gasteiger partial charge in [0.05, 0.1) is 19.1 Å². The summed E-state index contributed by atoms with van der Waals surface area (Å²) in [6.45, 7) is 6.00. The molecule has 11 nitrogen and oxygen atoms in total. The Kier molecular flexibility index (Phi) is 15.1. The lowest BCUT2D eigenvalue weighted by atomic mass is 9.86. The van der Waals surface area contributed by atoms with E-state index in [-0.39, 0.29) is 49.4 Å². The van der Waals surface area contributed by atoms with Gasteiger partial charge in [-0.3, -0.25) is 9.59 Å². The van der Waals surface area contributed by atoms with Crippen molar-refractivity contribution >= 4 is 24.2 Å². The van der Waals surface area contributed by atoms with Gasteiger partial charge in [0.2, 0.25) is 0 Å². The molecule has 0 bridgehead atoms. The molecule has 0 heterocycles. The van der Waals surface area contributed by atoms with E-state index in [2.05, 4.69) is 0 Å². The highest BCUT2D eigenvalue weighted by Crippen LogP contribution is 2.32. The molecule has 1 unspecified atom stereocenters. The Labute approximate surface area is 248 Å². The normalized spacial score (nSPS) is 15.6. The van der Waals surface area contributed by atoms with Crippen molar-refractivity contribution in [2.24, 2.45) is 11.7 Å². The smallest absolute Gasteiger partial charge is 0.480 e. The summed E-state index contributed by atoms with van der Waals surface area (Å²) in [6.07, 6.45) is 6.56. The number of ether oxygens (including phenoxy) is 5. The zero-order valence-electron chi connectivity index (χ0n) is 25.2. The molecule has 0 radical (unpaired) electrons. The van der Waals surface area contributed by atoms with Crippen LogP contribution in [0.3, 0.4) is 0 Å². The van der Waals surface area contributed by atoms with Crippen molar-refractivity contribution in [2.45, 2.75) is 116 Å². The van der Waals surface area contributed by atoms with Gasteiger partial charge in [-0.2, -0.15) is 0 Å². The summed E-state index contributed by atoms with van der Waals surface area (Å²) in [6, 6.07) is 4.26. The van der Waals surface area contributed by atoms with E-state index in [1.165, 1.54) is 18.2 Å². The van der Waals surface area contributed by atoms with Crippen molar-refractivity contribution in [1.29, 1.82) is 0 Å². The predicted molar refractivity (Wildman–Crippen MR) is 154 cm³/mol. The average Bonchev–Trinajstić information content (AvgIpc) is 2.95. The first-order valence-corrected chi connectivity index (χ1v) is 15.1. The predicted octanol–water partition coefficient (Wildman–Crippen LogP) is 6.32. The first-order valence-electron chi connectivity index (χ1n) is 15.1. The number of carboxylic acid groups (broad SMARTS) is 1. The highest BCUT2D eigenvalue weighted by atomic mass is 16.7. The van der Waals surface area contributed by atoms with Gasteiger partial charge in [0.25, 0.3) is 0 Å². The van der Waals surface area contributed by atoms with Gasteiger partial charge in [-0.05, 0) is 50.3 Å². The number of carbonyl (C=O) groups is 4. The lowest BCUT2D eigenvalue weighted by Gasteiger charge is -2.29. The van der Waals surface area contributed by atoms with Crippen molar-refractivity contribution in [2.75, 3.05) is 13.2 Å². The summed E-state index contributed by atoms with van der Waals surface area (Å²) in [5, 5.41) is 10.0. The molecule has 236 valence electrons. The summed E-state index contributed by atoms with van der Waals surface area (Å²) in [5.41, 5.74) is 4.93. The van der Waals surface area contributed by atoms with E-state index >= 15 is 0 Å². The van der Waals surface area contributed by atoms with E-state index in [1.807, 2.05) is 13.8 Å². The highest BCUT2D eigenvalue weighted by Gasteiger charge is 2.38. The van der Waals surface area contributed by atoms with E-state index in [0.717, 1.165) is 57.8 Å². The lowest BCUT2D eigenvalue weighted by molar-refractivity contribution is -0.158. The highest BCUT2D eigenvalue weighted by molar-refractivity contribution is 5.79. The number of benzene rings is 1. The van der Waals surface area contributed by atoms with E-state index in [9.17, 15) is 24.3 Å². The summed E-state index contributed by atoms with van der Waals surface area (Å²) in [4.78, 5) is 49.5. The Balaban J connectivity index is 2.16. The molecule has 42 heavy (non-hydrogen) atoms. The number of esters is 1. The second kappa shape index (κ2) is 18.3. The number of nitrogens with two attached hydrogens (primary N) is 1. The Morgan fingerprint density at radius 3 is 2.02 bits per heavy atom. The van der Waals surface area contributed by atoms with E-state index in [0.29, 0.717) is 18.4 Å². The van der Waals surface area contributed by atoms with Crippen LogP contribution in [0.15, 0.2) is 18.2 Å². The van der Waals surface area contributed by atoms with Crippen molar-refractivity contribution in [3.8, 4) is 11.5 Å². The van der Waals surface area contributed by atoms with Crippen LogP contribution in [0.5, 0.6) is 11.5 Å². The molecular formula is C31H47NO10. The third-order valence-electron chi connectivity index (χ3n) is 7.18. The fourth-order valence-electron chi connectivity index (χ4n) is 4.87. The molecule has 1 aliphatic rings. The molecule has 0 amide bonds. The topological polar surface area (TPSA) is 161 Å². The lowest BCUT2D eigenvalue weighted by Crippen LogP contribution is -2.52. The quantitative estimate of drug-likeness (QED) is 0.0899. The number of unbranched alkanes of at least 4 members (excludes halogenated alkanes) is 4. The molecule has 0 aliphatic heterocycles. The van der Waals surface area contributed by atoms with Gasteiger partial charge in [0.15, 0.2) is 11.5 Å². The van der Waals surface area contributed by atoms with Crippen LogP contribution in [0.1, 0.15) is 103 Å². The third kappa shape index (κ3) is 12.3. The summed E-state index contributed by atoms with van der Waals surface area (Å²) >= 11 is 0. The van der Waals surface area contributed by atoms with Crippen LogP contribution in [-0.4, -0.2) is 54.2 Å². The third-order valence-corrected chi connectivity index (χ3v) is 7.18. The minimum absolute atomic E-state index is 0.0996. The maximum atomic E-state index is 12.6. The fourth-order valence-corrected chi connectivity index (χ4v) is 4.87. The van der Waals surface area contributed by atoms with Crippen molar-refractivity contribution < 1.29 is 48.0 Å². The zero-order valence-corrected chi connectivity index (χ0v) is 25.2. The van der Waals surface area contributed by atoms with E-state index in [1.54, 1.807) is 6.92 Å². The van der Waals surface area contributed by atoms with Crippen molar-refractivity contribution in [1.82, 2.24) is 0 Å². The molecule has 1 aromatic carbocycles. The van der Waals surface area contributed by atoms with E-state index in [4.69, 9.17) is 29.4 Å². The van der Waals surface area contributed by atoms with Crippen LogP contribution in [-0.2, 0) is 30.2 Å². The second-order valence-electron chi connectivity index (χ2n) is 11.0. The minimum atomic E-state index is -1.80. The van der Waals surface area contributed by atoms with Gasteiger partial charge in [-0.25, -0.2) is 9.59 Å². The molecule has 1 aromatic rings. The van der Waals surface area contributed by atoms with Gasteiger partial charge in [0.1, 0.15) is 11.6 Å². The summed E-state index contributed by atoms with van der Waals surface area (Å²) < 4.78 is 26.4. The van der Waals surface area contributed by atoms with Crippen LogP contribution < -0.4 is 15.2 Å². The Bertz CT molecular complexity index is 1020. The van der Waals surface area contributed by atoms with Gasteiger partial charge in [-0.15, -0.1) is 0 Å². The fraction of sp³-hybridized carbons (Fsp3) is 0.677. The monoisotopic (exact) mass is 593 g/mol. The maximum Gasteiger partial charge on any atom is 0.513 e. The molecule has 1 saturated carbocycles. The van der Waals surface area contributed by atoms with Gasteiger partial charge >= 0.3 is 24.2 Å². The minimum Gasteiger partial charge on any atom is -0.480 e. The Morgan fingerprint density at radius 2 is 1.48 bits per heavy atom. The Morgan fingerprint density at radius 1 is 0.905 bits per heavy atom. The molecule has 2 atom stereocenters. The van der Waals surface area contributed by atoms with Crippen LogP contribution in [0.25, 0.3) is 0 Å². The van der Waals surface area contributed by atoms with Gasteiger partial charge in [-0.1, -0.05) is 64.9 Å². The summed E-state index contributed by atoms with van der Waals surface area (Å²) in [7, 11) is 0. The number of aliphatic carboxylic acids is 1. The molecule has 0 saturated heterocycles. The molecule has 0 spiro atoms. The molecule has 1 aliphatic carbocycles. The molecular weight excluding hydrogens is 546 g/mol. The standard InChI is InChI=1S/C31H47NO10/c1-4-6-11-17-38-29(36)41-25-16-15-23(19-26(25)42-30(37)39-18-12-7-5-2)21-31(32,28(34)35)20-22(3)40-27(33)24-13-9-8-10-14-24/h15-16,19,22,24H,4-14,17-18,20-21,32H2,1-3H3,(H,34,35)/t22-,31?/m0/s1. The van der Waals surface area contributed by atoms with Crippen LogP contribution in [0.2, 0.25) is 0 Å². The van der Waals surface area contributed by atoms with E-state index < -0.39 is 29.9 Å². The largest absolute Gasteiger partial charge is 0.513 e. The molecule has 11 heteroatoms. The first-order chi connectivity index (χ1) is 20.1. The van der Waals surface area contributed by atoms with Crippen LogP contribution in [0.4, 0.5) is 9.59 Å². The first kappa shape index (κ1) is 34.9. The molecule has 1 fully saturated rings. The molecule has 0 aromatic heterocycles. The Hall–Kier alpha value is -3.34. The number of rotatable bonds is 17. The second-order valence-corrected chi connectivity index (χ2v) is 11.0. The van der Waals surface area contributed by atoms with Gasteiger partial charge < -0.3 is 34.5 Å². The van der Waals surface area contributed by atoms with Crippen molar-refractivity contribution in [3.05, 3.63) is 23.8 Å². The van der Waals surface area contributed by atoms with Gasteiger partial charge in [0, 0.05) is 12.8 Å². The number of carboxylic acids is 1. The maximum absolute atomic E-state index is 12.6. The SMILES string of the molecule is CCCCCOC(=O)Oc1ccc(CC(N)(C[C@H](C)OC(=O)C2CCCCC2)C(=O)O)cc1OC(=O)OCCCCC. The van der Waals surface area contributed by atoms with Crippen LogP contribution in [0, 0.1) is 5.92 Å². The zero-order chi connectivity index (χ0) is 31.0. The number of hydrogen-bond acceptors (Lipinski definition) is 10. The number of carbonyl (C=O) groups excluding carboxylic acids is 3. The van der Waals surface area contributed by atoms with Crippen molar-refractivity contribution in [3.63, 3.8) is 0 Å². The molecule has 3 N–H and O–H groups in total. The molecule has 2 rings (SSSR count). The summed E-state index contributed by atoms with van der Waals surface area (Å²) in [5.74, 6) is -2.03. The van der Waals surface area contributed by atoms with Crippen LogP contribution >= 0.6 is 0 Å².